The summed E-state index contributed by atoms with van der Waals surface area (Å²) >= 11 is 0. The van der Waals surface area contributed by atoms with Gasteiger partial charge in [-0.15, -0.1) is 0 Å². The number of carbonyl (C=O) groups excluding carboxylic acids is 1. The fourth-order valence-electron chi connectivity index (χ4n) is 3.09. The number of benzene rings is 2. The van der Waals surface area contributed by atoms with E-state index in [1.54, 1.807) is 0 Å². The molecule has 2 aliphatic rings. The molecule has 0 aliphatic carbocycles. The fraction of sp³-hybridized carbons (Fsp3) is 0.350. The molecule has 2 saturated heterocycles. The molecule has 2 fully saturated rings. The van der Waals surface area contributed by atoms with Gasteiger partial charge in [-0.05, 0) is 5.56 Å². The van der Waals surface area contributed by atoms with Crippen LogP contribution in [0.2, 0.25) is 0 Å². The van der Waals surface area contributed by atoms with Crippen molar-refractivity contribution in [1.29, 1.82) is 0 Å². The predicted molar refractivity (Wildman–Crippen MR) is 89.5 cm³/mol. The number of ether oxygens (including phenoxy) is 4. The van der Waals surface area contributed by atoms with Crippen LogP contribution in [0.3, 0.4) is 0 Å². The first-order chi connectivity index (χ1) is 12.3. The average molecular weight is 340 g/mol. The van der Waals surface area contributed by atoms with Gasteiger partial charge in [-0.2, -0.15) is 0 Å². The van der Waals surface area contributed by atoms with Gasteiger partial charge in [0.15, 0.2) is 18.4 Å². The molecule has 0 bridgehead atoms. The maximum atomic E-state index is 12.5. The van der Waals surface area contributed by atoms with Gasteiger partial charge in [0, 0.05) is 5.56 Å². The first-order valence-corrected chi connectivity index (χ1v) is 8.45. The van der Waals surface area contributed by atoms with Crippen molar-refractivity contribution in [2.75, 3.05) is 6.61 Å². The summed E-state index contributed by atoms with van der Waals surface area (Å²) in [6.07, 6.45) is -1.93. The molecule has 2 aromatic rings. The van der Waals surface area contributed by atoms with E-state index in [9.17, 15) is 4.79 Å². The summed E-state index contributed by atoms with van der Waals surface area (Å²) in [5.74, 6) is -0.00135. The maximum absolute atomic E-state index is 12.5. The monoisotopic (exact) mass is 340 g/mol. The first kappa shape index (κ1) is 16.4. The molecule has 4 rings (SSSR count). The third kappa shape index (κ3) is 3.80. The predicted octanol–water partition coefficient (Wildman–Crippen LogP) is 3.00. The second-order valence-electron chi connectivity index (χ2n) is 6.20. The van der Waals surface area contributed by atoms with Crippen molar-refractivity contribution in [2.45, 2.75) is 37.8 Å². The van der Waals surface area contributed by atoms with Crippen LogP contribution in [0.4, 0.5) is 0 Å². The lowest BCUT2D eigenvalue weighted by atomic mass is 10.0. The Kier molecular flexibility index (Phi) is 4.90. The fourth-order valence-corrected chi connectivity index (χ4v) is 3.09. The van der Waals surface area contributed by atoms with E-state index in [0.717, 1.165) is 11.1 Å². The third-order valence-corrected chi connectivity index (χ3v) is 4.38. The Morgan fingerprint density at radius 1 is 0.960 bits per heavy atom. The minimum Gasteiger partial charge on any atom is -0.348 e. The van der Waals surface area contributed by atoms with Gasteiger partial charge in [-0.3, -0.25) is 4.79 Å². The van der Waals surface area contributed by atoms with E-state index in [1.165, 1.54) is 0 Å². The summed E-state index contributed by atoms with van der Waals surface area (Å²) in [6, 6.07) is 19.4. The molecule has 2 aromatic carbocycles. The van der Waals surface area contributed by atoms with Gasteiger partial charge >= 0.3 is 0 Å². The molecule has 130 valence electrons. The molecule has 5 heteroatoms. The quantitative estimate of drug-likeness (QED) is 0.856. The molecule has 0 amide bonds. The third-order valence-electron chi connectivity index (χ3n) is 4.38. The SMILES string of the molecule is O=C1C[C@@H](OCc2ccccc2)O[C@@H]2CO[C@@H](c3ccccc3)O[C@@H]12. The molecule has 0 N–H and O–H groups in total. The maximum Gasteiger partial charge on any atom is 0.184 e. The second-order valence-corrected chi connectivity index (χ2v) is 6.20. The average Bonchev–Trinajstić information content (AvgIpc) is 2.68. The van der Waals surface area contributed by atoms with E-state index in [4.69, 9.17) is 18.9 Å². The van der Waals surface area contributed by atoms with E-state index in [2.05, 4.69) is 0 Å². The largest absolute Gasteiger partial charge is 0.348 e. The van der Waals surface area contributed by atoms with Crippen LogP contribution in [-0.2, 0) is 30.3 Å². The molecule has 2 aliphatic heterocycles. The van der Waals surface area contributed by atoms with Gasteiger partial charge in [0.1, 0.15) is 12.2 Å². The van der Waals surface area contributed by atoms with Crippen LogP contribution < -0.4 is 0 Å². The Bertz CT molecular complexity index is 703. The van der Waals surface area contributed by atoms with Crippen molar-refractivity contribution in [3.05, 3.63) is 71.8 Å². The highest BCUT2D eigenvalue weighted by Gasteiger charge is 2.44. The lowest BCUT2D eigenvalue weighted by Crippen LogP contribution is -2.53. The van der Waals surface area contributed by atoms with Crippen LogP contribution in [0, 0.1) is 0 Å². The van der Waals surface area contributed by atoms with Crippen LogP contribution in [0.15, 0.2) is 60.7 Å². The number of Topliss-reactive ketones (excluding diaryl/α,β-unsaturated/α-hetero) is 1. The van der Waals surface area contributed by atoms with Crippen LogP contribution in [0.5, 0.6) is 0 Å². The van der Waals surface area contributed by atoms with Crippen molar-refractivity contribution < 1.29 is 23.7 Å². The summed E-state index contributed by atoms with van der Waals surface area (Å²) in [4.78, 5) is 12.5. The number of carbonyl (C=O) groups is 1. The van der Waals surface area contributed by atoms with Crippen molar-refractivity contribution in [3.8, 4) is 0 Å². The molecule has 5 nitrogen and oxygen atoms in total. The number of hydrogen-bond acceptors (Lipinski definition) is 5. The zero-order valence-corrected chi connectivity index (χ0v) is 13.7. The number of hydrogen-bond donors (Lipinski definition) is 0. The van der Waals surface area contributed by atoms with Crippen LogP contribution in [0.25, 0.3) is 0 Å². The molecule has 0 saturated carbocycles. The molecule has 4 atom stereocenters. The Hall–Kier alpha value is -2.05. The van der Waals surface area contributed by atoms with Crippen molar-refractivity contribution in [1.82, 2.24) is 0 Å². The van der Waals surface area contributed by atoms with E-state index in [1.807, 2.05) is 60.7 Å². The molecule has 2 heterocycles. The molecule has 0 radical (unpaired) electrons. The summed E-state index contributed by atoms with van der Waals surface area (Å²) in [5, 5.41) is 0. The van der Waals surface area contributed by atoms with Crippen LogP contribution in [0.1, 0.15) is 23.8 Å². The Morgan fingerprint density at radius 3 is 2.44 bits per heavy atom. The minimum atomic E-state index is -0.601. The zero-order valence-electron chi connectivity index (χ0n) is 13.7. The molecule has 0 spiro atoms. The molecule has 0 aromatic heterocycles. The Labute approximate surface area is 146 Å². The minimum absolute atomic E-state index is 0.00135. The molecule has 0 unspecified atom stereocenters. The van der Waals surface area contributed by atoms with Gasteiger partial charge < -0.3 is 18.9 Å². The first-order valence-electron chi connectivity index (χ1n) is 8.45. The van der Waals surface area contributed by atoms with E-state index in [-0.39, 0.29) is 12.2 Å². The van der Waals surface area contributed by atoms with Gasteiger partial charge in [0.2, 0.25) is 0 Å². The highest BCUT2D eigenvalue weighted by atomic mass is 16.7. The lowest BCUT2D eigenvalue weighted by molar-refractivity contribution is -0.303. The molecular weight excluding hydrogens is 320 g/mol. The Balaban J connectivity index is 1.36. The van der Waals surface area contributed by atoms with Gasteiger partial charge in [-0.1, -0.05) is 60.7 Å². The highest BCUT2D eigenvalue weighted by Crippen LogP contribution is 2.32. The van der Waals surface area contributed by atoms with Gasteiger partial charge in [0.05, 0.1) is 19.6 Å². The topological polar surface area (TPSA) is 54.0 Å². The van der Waals surface area contributed by atoms with E-state index >= 15 is 0 Å². The van der Waals surface area contributed by atoms with Crippen molar-refractivity contribution in [2.24, 2.45) is 0 Å². The van der Waals surface area contributed by atoms with E-state index < -0.39 is 24.8 Å². The summed E-state index contributed by atoms with van der Waals surface area (Å²) < 4.78 is 23.2. The van der Waals surface area contributed by atoms with Crippen LogP contribution >= 0.6 is 0 Å². The number of fused-ring (bicyclic) bond motifs is 1. The number of ketones is 1. The standard InChI is InChI=1S/C20H20O5/c21-16-11-18(22-12-14-7-3-1-4-8-14)24-17-13-23-20(25-19(16)17)15-9-5-2-6-10-15/h1-10,17-20H,11-13H2/t17-,18+,19+,20-/m1/s1. The normalized spacial score (nSPS) is 29.2. The highest BCUT2D eigenvalue weighted by molar-refractivity contribution is 5.84. The Morgan fingerprint density at radius 2 is 1.68 bits per heavy atom. The lowest BCUT2D eigenvalue weighted by Gasteiger charge is -2.40. The van der Waals surface area contributed by atoms with Crippen LogP contribution in [-0.4, -0.2) is 30.9 Å². The number of rotatable bonds is 4. The smallest absolute Gasteiger partial charge is 0.184 e. The summed E-state index contributed by atoms with van der Waals surface area (Å²) in [6.45, 7) is 0.714. The second kappa shape index (κ2) is 7.45. The van der Waals surface area contributed by atoms with Crippen molar-refractivity contribution in [3.63, 3.8) is 0 Å². The molecular formula is C20H20O5. The summed E-state index contributed by atoms with van der Waals surface area (Å²) in [7, 11) is 0. The van der Waals surface area contributed by atoms with Gasteiger partial charge in [-0.25, -0.2) is 0 Å². The zero-order chi connectivity index (χ0) is 17.1. The summed E-state index contributed by atoms with van der Waals surface area (Å²) in [5.41, 5.74) is 1.94. The molecule has 25 heavy (non-hydrogen) atoms. The van der Waals surface area contributed by atoms with Crippen molar-refractivity contribution >= 4 is 5.78 Å². The van der Waals surface area contributed by atoms with E-state index in [0.29, 0.717) is 13.2 Å². The van der Waals surface area contributed by atoms with Gasteiger partial charge in [0.25, 0.3) is 0 Å².